The highest BCUT2D eigenvalue weighted by Crippen LogP contribution is 2.29. The maximum Gasteiger partial charge on any atom is 0.337 e. The minimum atomic E-state index is -0.410. The second-order valence-electron chi connectivity index (χ2n) is 5.04. The SMILES string of the molecule is COC(=O)c1ccc(N=C2NC(=O)C(=Cc3ccccc3Cl)S2)cc1. The highest BCUT2D eigenvalue weighted by molar-refractivity contribution is 8.18. The van der Waals surface area contributed by atoms with Crippen LogP contribution in [0.5, 0.6) is 0 Å². The lowest BCUT2D eigenvalue weighted by Crippen LogP contribution is -2.19. The molecule has 0 unspecified atom stereocenters. The molecule has 25 heavy (non-hydrogen) atoms. The maximum atomic E-state index is 12.1. The van der Waals surface area contributed by atoms with Crippen molar-refractivity contribution in [2.75, 3.05) is 7.11 Å². The molecule has 1 fully saturated rings. The molecule has 0 aliphatic carbocycles. The van der Waals surface area contributed by atoms with Gasteiger partial charge in [-0.1, -0.05) is 29.8 Å². The molecule has 7 heteroatoms. The van der Waals surface area contributed by atoms with Crippen molar-refractivity contribution in [1.82, 2.24) is 5.32 Å². The number of hydrogen-bond donors (Lipinski definition) is 1. The van der Waals surface area contributed by atoms with Crippen LogP contribution in [-0.2, 0) is 9.53 Å². The molecule has 1 N–H and O–H groups in total. The van der Waals surface area contributed by atoms with Crippen molar-refractivity contribution >= 4 is 52.2 Å². The Hall–Kier alpha value is -2.57. The van der Waals surface area contributed by atoms with Crippen molar-refractivity contribution in [1.29, 1.82) is 0 Å². The number of ether oxygens (including phenoxy) is 1. The topological polar surface area (TPSA) is 67.8 Å². The Kier molecular flexibility index (Phi) is 5.21. The van der Waals surface area contributed by atoms with Crippen molar-refractivity contribution in [3.63, 3.8) is 0 Å². The predicted octanol–water partition coefficient (Wildman–Crippen LogP) is 4.02. The summed E-state index contributed by atoms with van der Waals surface area (Å²) in [6.07, 6.45) is 1.73. The van der Waals surface area contributed by atoms with E-state index in [0.717, 1.165) is 5.56 Å². The number of amides is 1. The highest BCUT2D eigenvalue weighted by Gasteiger charge is 2.24. The summed E-state index contributed by atoms with van der Waals surface area (Å²) < 4.78 is 4.65. The summed E-state index contributed by atoms with van der Waals surface area (Å²) in [5.41, 5.74) is 1.83. The molecule has 0 radical (unpaired) electrons. The molecule has 0 saturated carbocycles. The van der Waals surface area contributed by atoms with E-state index in [9.17, 15) is 9.59 Å². The van der Waals surface area contributed by atoms with Crippen LogP contribution in [0.1, 0.15) is 15.9 Å². The summed E-state index contributed by atoms with van der Waals surface area (Å²) in [4.78, 5) is 28.4. The summed E-state index contributed by atoms with van der Waals surface area (Å²) in [5, 5.41) is 3.75. The first kappa shape index (κ1) is 17.3. The van der Waals surface area contributed by atoms with Gasteiger partial charge in [-0.05, 0) is 53.7 Å². The average molecular weight is 373 g/mol. The number of benzene rings is 2. The number of carbonyl (C=O) groups excluding carboxylic acids is 2. The van der Waals surface area contributed by atoms with E-state index in [1.54, 1.807) is 36.4 Å². The molecule has 5 nitrogen and oxygen atoms in total. The number of hydrogen-bond acceptors (Lipinski definition) is 5. The number of aliphatic imine (C=N–C) groups is 1. The van der Waals surface area contributed by atoms with Gasteiger partial charge < -0.3 is 10.1 Å². The minimum absolute atomic E-state index is 0.227. The molecule has 2 aromatic carbocycles. The van der Waals surface area contributed by atoms with Crippen molar-refractivity contribution in [3.05, 3.63) is 69.6 Å². The molecule has 1 heterocycles. The Bertz CT molecular complexity index is 891. The summed E-state index contributed by atoms with van der Waals surface area (Å²) >= 11 is 7.35. The maximum absolute atomic E-state index is 12.1. The first-order valence-corrected chi connectivity index (χ1v) is 8.49. The molecule has 1 aliphatic rings. The summed E-state index contributed by atoms with van der Waals surface area (Å²) in [6, 6.07) is 13.9. The van der Waals surface area contributed by atoms with Crippen LogP contribution in [-0.4, -0.2) is 24.2 Å². The Labute approximate surface area is 153 Å². The lowest BCUT2D eigenvalue weighted by Gasteiger charge is -2.00. The van der Waals surface area contributed by atoms with E-state index in [1.807, 2.05) is 18.2 Å². The molecule has 126 valence electrons. The van der Waals surface area contributed by atoms with Crippen LogP contribution in [0, 0.1) is 0 Å². The molecule has 0 spiro atoms. The van der Waals surface area contributed by atoms with E-state index in [-0.39, 0.29) is 5.91 Å². The standard InChI is InChI=1S/C18H13ClN2O3S/c1-24-17(23)11-6-8-13(9-7-11)20-18-21-16(22)15(25-18)10-12-4-2-3-5-14(12)19/h2-10H,1H3,(H,20,21,22). The molecular weight excluding hydrogens is 360 g/mol. The fourth-order valence-electron chi connectivity index (χ4n) is 2.12. The van der Waals surface area contributed by atoms with Gasteiger partial charge in [-0.3, -0.25) is 4.79 Å². The largest absolute Gasteiger partial charge is 0.465 e. The van der Waals surface area contributed by atoms with Gasteiger partial charge in [0.1, 0.15) is 0 Å². The summed E-state index contributed by atoms with van der Waals surface area (Å²) in [5.74, 6) is -0.637. The minimum Gasteiger partial charge on any atom is -0.465 e. The van der Waals surface area contributed by atoms with Crippen LogP contribution >= 0.6 is 23.4 Å². The van der Waals surface area contributed by atoms with E-state index in [0.29, 0.717) is 26.3 Å². The van der Waals surface area contributed by atoms with Gasteiger partial charge in [0.25, 0.3) is 5.91 Å². The number of nitrogens with one attached hydrogen (secondary N) is 1. The van der Waals surface area contributed by atoms with Gasteiger partial charge in [-0.2, -0.15) is 0 Å². The molecular formula is C18H13ClN2O3S. The Morgan fingerprint density at radius 2 is 1.92 bits per heavy atom. The third-order valence-electron chi connectivity index (χ3n) is 3.36. The van der Waals surface area contributed by atoms with Crippen LogP contribution in [0.4, 0.5) is 5.69 Å². The van der Waals surface area contributed by atoms with Gasteiger partial charge in [-0.15, -0.1) is 0 Å². The van der Waals surface area contributed by atoms with E-state index in [2.05, 4.69) is 15.0 Å². The zero-order valence-electron chi connectivity index (χ0n) is 13.2. The second-order valence-corrected chi connectivity index (χ2v) is 6.48. The number of nitrogens with zero attached hydrogens (tertiary/aromatic N) is 1. The summed E-state index contributed by atoms with van der Waals surface area (Å²) in [7, 11) is 1.33. The van der Waals surface area contributed by atoms with Crippen molar-refractivity contribution < 1.29 is 14.3 Å². The fourth-order valence-corrected chi connectivity index (χ4v) is 3.14. The number of rotatable bonds is 3. The molecule has 0 aromatic heterocycles. The normalized spacial score (nSPS) is 17.0. The third-order valence-corrected chi connectivity index (χ3v) is 4.62. The molecule has 0 bridgehead atoms. The van der Waals surface area contributed by atoms with Crippen molar-refractivity contribution in [2.45, 2.75) is 0 Å². The molecule has 1 amide bonds. The fraction of sp³-hybridized carbons (Fsp3) is 0.0556. The molecule has 0 atom stereocenters. The number of esters is 1. The van der Waals surface area contributed by atoms with Gasteiger partial charge in [-0.25, -0.2) is 9.79 Å². The number of methoxy groups -OCH3 is 1. The average Bonchev–Trinajstić information content (AvgIpc) is 2.96. The van der Waals surface area contributed by atoms with Gasteiger partial charge in [0.2, 0.25) is 0 Å². The monoisotopic (exact) mass is 372 g/mol. The van der Waals surface area contributed by atoms with E-state index in [4.69, 9.17) is 11.6 Å². The number of halogens is 1. The van der Waals surface area contributed by atoms with E-state index < -0.39 is 5.97 Å². The first-order chi connectivity index (χ1) is 12.1. The zero-order chi connectivity index (χ0) is 17.8. The predicted molar refractivity (Wildman–Crippen MR) is 100 cm³/mol. The van der Waals surface area contributed by atoms with Crippen LogP contribution in [0.25, 0.3) is 6.08 Å². The van der Waals surface area contributed by atoms with Crippen LogP contribution in [0.2, 0.25) is 5.02 Å². The highest BCUT2D eigenvalue weighted by atomic mass is 35.5. The van der Waals surface area contributed by atoms with Crippen LogP contribution in [0.15, 0.2) is 58.4 Å². The smallest absolute Gasteiger partial charge is 0.337 e. The van der Waals surface area contributed by atoms with Crippen molar-refractivity contribution in [2.24, 2.45) is 4.99 Å². The quantitative estimate of drug-likeness (QED) is 0.652. The third kappa shape index (κ3) is 4.10. The zero-order valence-corrected chi connectivity index (χ0v) is 14.7. The Balaban J connectivity index is 1.79. The Morgan fingerprint density at radius 3 is 2.60 bits per heavy atom. The molecule has 2 aromatic rings. The Morgan fingerprint density at radius 1 is 1.20 bits per heavy atom. The van der Waals surface area contributed by atoms with Gasteiger partial charge in [0.15, 0.2) is 5.17 Å². The number of amidine groups is 1. The number of carbonyl (C=O) groups is 2. The first-order valence-electron chi connectivity index (χ1n) is 7.29. The molecule has 3 rings (SSSR count). The van der Waals surface area contributed by atoms with Gasteiger partial charge in [0, 0.05) is 5.02 Å². The lowest BCUT2D eigenvalue weighted by atomic mass is 10.2. The van der Waals surface area contributed by atoms with Gasteiger partial charge in [0.05, 0.1) is 23.3 Å². The van der Waals surface area contributed by atoms with E-state index in [1.165, 1.54) is 18.9 Å². The van der Waals surface area contributed by atoms with Crippen molar-refractivity contribution in [3.8, 4) is 0 Å². The molecule has 1 aliphatic heterocycles. The van der Waals surface area contributed by atoms with Crippen LogP contribution in [0.3, 0.4) is 0 Å². The molecule has 1 saturated heterocycles. The van der Waals surface area contributed by atoms with Crippen LogP contribution < -0.4 is 5.32 Å². The summed E-state index contributed by atoms with van der Waals surface area (Å²) in [6.45, 7) is 0. The second kappa shape index (κ2) is 7.55. The van der Waals surface area contributed by atoms with E-state index >= 15 is 0 Å². The van der Waals surface area contributed by atoms with Gasteiger partial charge >= 0.3 is 5.97 Å². The lowest BCUT2D eigenvalue weighted by molar-refractivity contribution is -0.115. The number of thioether (sulfide) groups is 1.